The molecule has 7 heteroatoms. The number of rotatable bonds is 4. The molecule has 2 aromatic heterocycles. The molecular formula is C21H27N5OS. The summed E-state index contributed by atoms with van der Waals surface area (Å²) in [7, 11) is 0. The Balaban J connectivity index is 1.85. The van der Waals surface area contributed by atoms with Gasteiger partial charge < -0.3 is 14.6 Å². The molecule has 0 amide bonds. The van der Waals surface area contributed by atoms with Gasteiger partial charge in [0, 0.05) is 29.9 Å². The average molecular weight is 398 g/mol. The molecular weight excluding hydrogens is 370 g/mol. The third kappa shape index (κ3) is 3.06. The predicted molar refractivity (Wildman–Crippen MR) is 114 cm³/mol. The number of fused-ring (bicyclic) bond motifs is 3. The van der Waals surface area contributed by atoms with Crippen LogP contribution < -0.4 is 4.90 Å². The van der Waals surface area contributed by atoms with E-state index in [4.69, 9.17) is 9.97 Å². The second kappa shape index (κ2) is 7.37. The van der Waals surface area contributed by atoms with Crippen LogP contribution >= 0.6 is 11.8 Å². The van der Waals surface area contributed by atoms with Crippen LogP contribution in [0.2, 0.25) is 0 Å². The molecule has 28 heavy (non-hydrogen) atoms. The number of aromatic nitrogens is 4. The quantitative estimate of drug-likeness (QED) is 0.674. The number of hydrogen-bond acceptors (Lipinski definition) is 6. The van der Waals surface area contributed by atoms with Gasteiger partial charge >= 0.3 is 0 Å². The molecule has 6 nitrogen and oxygen atoms in total. The maximum atomic E-state index is 9.72. The van der Waals surface area contributed by atoms with E-state index in [-0.39, 0.29) is 12.6 Å². The van der Waals surface area contributed by atoms with Gasteiger partial charge in [-0.15, -0.1) is 11.8 Å². The molecule has 0 saturated carbocycles. The number of imidazole rings is 1. The van der Waals surface area contributed by atoms with Crippen molar-refractivity contribution in [3.63, 3.8) is 0 Å². The average Bonchev–Trinajstić information content (AvgIpc) is 3.05. The number of nitrogens with zero attached hydrogens (tertiary/aromatic N) is 5. The molecule has 4 rings (SSSR count). The van der Waals surface area contributed by atoms with Crippen molar-refractivity contribution in [3.8, 4) is 0 Å². The Morgan fingerprint density at radius 1 is 1.21 bits per heavy atom. The smallest absolute Gasteiger partial charge is 0.226 e. The van der Waals surface area contributed by atoms with Gasteiger partial charge in [0.1, 0.15) is 5.82 Å². The Bertz CT molecular complexity index is 1030. The summed E-state index contributed by atoms with van der Waals surface area (Å²) < 4.78 is 2.33. The minimum absolute atomic E-state index is 0.0323. The molecule has 3 heterocycles. The lowest BCUT2D eigenvalue weighted by Crippen LogP contribution is -2.42. The van der Waals surface area contributed by atoms with Gasteiger partial charge in [0.25, 0.3) is 0 Å². The van der Waals surface area contributed by atoms with Crippen molar-refractivity contribution in [1.82, 2.24) is 19.5 Å². The number of anilines is 1. The lowest BCUT2D eigenvalue weighted by molar-refractivity contribution is 0.279. The van der Waals surface area contributed by atoms with Crippen molar-refractivity contribution in [2.45, 2.75) is 51.8 Å². The van der Waals surface area contributed by atoms with E-state index in [1.165, 1.54) is 0 Å². The number of benzene rings is 1. The summed E-state index contributed by atoms with van der Waals surface area (Å²) in [5.41, 5.74) is 5.15. The van der Waals surface area contributed by atoms with Crippen molar-refractivity contribution in [2.75, 3.05) is 17.7 Å². The van der Waals surface area contributed by atoms with E-state index in [1.54, 1.807) is 11.8 Å². The number of aliphatic hydroxyl groups is 1. The molecule has 0 saturated heterocycles. The molecule has 0 aliphatic carbocycles. The molecule has 1 aliphatic heterocycles. The fourth-order valence-electron chi connectivity index (χ4n) is 4.01. The number of hydrogen-bond donors (Lipinski definition) is 1. The van der Waals surface area contributed by atoms with Crippen LogP contribution in [0.4, 0.5) is 5.95 Å². The van der Waals surface area contributed by atoms with E-state index in [0.717, 1.165) is 57.6 Å². The third-order valence-electron chi connectivity index (χ3n) is 5.62. The highest BCUT2D eigenvalue weighted by molar-refractivity contribution is 7.98. The van der Waals surface area contributed by atoms with E-state index in [2.05, 4.69) is 34.4 Å². The van der Waals surface area contributed by atoms with Crippen LogP contribution in [0.15, 0.2) is 23.2 Å². The molecule has 1 atom stereocenters. The SMILES string of the molecule is CSc1cc2c(cc1CO)nc1n2CCN(c2ncc(C)c(C)n2)C1C(C)C. The summed E-state index contributed by atoms with van der Waals surface area (Å²) in [4.78, 5) is 17.8. The molecule has 1 unspecified atom stereocenters. The molecule has 0 bridgehead atoms. The van der Waals surface area contributed by atoms with Crippen molar-refractivity contribution < 1.29 is 5.11 Å². The van der Waals surface area contributed by atoms with Gasteiger partial charge in [0.05, 0.1) is 23.7 Å². The zero-order chi connectivity index (χ0) is 20.0. The predicted octanol–water partition coefficient (Wildman–Crippen LogP) is 3.87. The molecule has 1 aromatic carbocycles. The van der Waals surface area contributed by atoms with Gasteiger partial charge in [-0.05, 0) is 49.3 Å². The van der Waals surface area contributed by atoms with Crippen LogP contribution in [0.25, 0.3) is 11.0 Å². The van der Waals surface area contributed by atoms with Crippen LogP contribution in [-0.2, 0) is 13.2 Å². The van der Waals surface area contributed by atoms with Gasteiger partial charge in [0.2, 0.25) is 5.95 Å². The lowest BCUT2D eigenvalue weighted by Gasteiger charge is -2.38. The molecule has 0 spiro atoms. The first-order valence-electron chi connectivity index (χ1n) is 9.69. The summed E-state index contributed by atoms with van der Waals surface area (Å²) in [5, 5.41) is 9.72. The van der Waals surface area contributed by atoms with Crippen LogP contribution in [-0.4, -0.2) is 37.4 Å². The Hall–Kier alpha value is -2.12. The zero-order valence-corrected chi connectivity index (χ0v) is 17.9. The fraction of sp³-hybridized carbons (Fsp3) is 0.476. The van der Waals surface area contributed by atoms with Crippen molar-refractivity contribution >= 4 is 28.7 Å². The van der Waals surface area contributed by atoms with Crippen LogP contribution in [0.5, 0.6) is 0 Å². The monoisotopic (exact) mass is 397 g/mol. The molecule has 3 aromatic rings. The standard InChI is InChI=1S/C21H27N5OS/c1-12(2)19-20-24-16-8-15(11-27)18(28-5)9-17(16)25(20)6-7-26(19)21-22-10-13(3)14(4)23-21/h8-10,12,19,27H,6-7,11H2,1-5H3. The highest BCUT2D eigenvalue weighted by Crippen LogP contribution is 2.37. The summed E-state index contributed by atoms with van der Waals surface area (Å²) in [6.45, 7) is 10.2. The van der Waals surface area contributed by atoms with Crippen LogP contribution in [0.1, 0.15) is 42.5 Å². The number of aliphatic hydroxyl groups excluding tert-OH is 1. The molecule has 0 radical (unpaired) electrons. The Morgan fingerprint density at radius 2 is 2.00 bits per heavy atom. The van der Waals surface area contributed by atoms with Crippen molar-refractivity contribution in [1.29, 1.82) is 0 Å². The first-order valence-corrected chi connectivity index (χ1v) is 10.9. The largest absolute Gasteiger partial charge is 0.392 e. The van der Waals surface area contributed by atoms with E-state index in [0.29, 0.717) is 5.92 Å². The second-order valence-electron chi connectivity index (χ2n) is 7.75. The Kier molecular flexibility index (Phi) is 5.05. The Labute approximate surface area is 170 Å². The zero-order valence-electron chi connectivity index (χ0n) is 17.1. The highest BCUT2D eigenvalue weighted by atomic mass is 32.2. The van der Waals surface area contributed by atoms with Crippen LogP contribution in [0, 0.1) is 19.8 Å². The van der Waals surface area contributed by atoms with Gasteiger partial charge in [0.15, 0.2) is 0 Å². The topological polar surface area (TPSA) is 67.1 Å². The summed E-state index contributed by atoms with van der Waals surface area (Å²) in [6, 6.07) is 4.31. The van der Waals surface area contributed by atoms with E-state index < -0.39 is 0 Å². The second-order valence-corrected chi connectivity index (χ2v) is 8.60. The number of aryl methyl sites for hydroxylation is 2. The Morgan fingerprint density at radius 3 is 2.64 bits per heavy atom. The van der Waals surface area contributed by atoms with E-state index in [9.17, 15) is 5.11 Å². The molecule has 1 N–H and O–H groups in total. The minimum Gasteiger partial charge on any atom is -0.392 e. The van der Waals surface area contributed by atoms with Crippen molar-refractivity contribution in [3.05, 3.63) is 41.0 Å². The first-order chi connectivity index (χ1) is 13.4. The maximum Gasteiger partial charge on any atom is 0.226 e. The minimum atomic E-state index is 0.0323. The van der Waals surface area contributed by atoms with Crippen molar-refractivity contribution in [2.24, 2.45) is 5.92 Å². The molecule has 148 valence electrons. The van der Waals surface area contributed by atoms with Crippen LogP contribution in [0.3, 0.4) is 0 Å². The lowest BCUT2D eigenvalue weighted by atomic mass is 10.00. The summed E-state index contributed by atoms with van der Waals surface area (Å²) in [5.74, 6) is 2.19. The maximum absolute atomic E-state index is 9.72. The number of thioether (sulfide) groups is 1. The van der Waals surface area contributed by atoms with Gasteiger partial charge in [-0.25, -0.2) is 15.0 Å². The first kappa shape index (κ1) is 19.2. The summed E-state index contributed by atoms with van der Waals surface area (Å²) >= 11 is 1.66. The van der Waals surface area contributed by atoms with Gasteiger partial charge in [-0.1, -0.05) is 13.8 Å². The molecule has 0 fully saturated rings. The van der Waals surface area contributed by atoms with Gasteiger partial charge in [-0.3, -0.25) is 0 Å². The third-order valence-corrected chi connectivity index (χ3v) is 6.44. The fourth-order valence-corrected chi connectivity index (χ4v) is 4.63. The normalized spacial score (nSPS) is 16.8. The molecule has 1 aliphatic rings. The summed E-state index contributed by atoms with van der Waals surface area (Å²) in [6.07, 6.45) is 3.95. The highest BCUT2D eigenvalue weighted by Gasteiger charge is 2.34. The van der Waals surface area contributed by atoms with Gasteiger partial charge in [-0.2, -0.15) is 0 Å². The van der Waals surface area contributed by atoms with E-state index in [1.807, 2.05) is 32.4 Å². The van der Waals surface area contributed by atoms with E-state index >= 15 is 0 Å².